The zero-order valence-electron chi connectivity index (χ0n) is 16.7. The van der Waals surface area contributed by atoms with E-state index in [2.05, 4.69) is 11.4 Å². The number of hydrogen-bond acceptors (Lipinski definition) is 4. The molecular formula is C22H26N2O4. The van der Waals surface area contributed by atoms with Crippen molar-refractivity contribution in [1.29, 1.82) is 0 Å². The van der Waals surface area contributed by atoms with Crippen LogP contribution < -0.4 is 5.32 Å². The van der Waals surface area contributed by atoms with Crippen LogP contribution in [0.1, 0.15) is 32.6 Å². The van der Waals surface area contributed by atoms with Crippen molar-refractivity contribution < 1.29 is 19.1 Å². The summed E-state index contributed by atoms with van der Waals surface area (Å²) in [5.41, 5.74) is 4.73. The fourth-order valence-corrected chi connectivity index (χ4v) is 2.71. The van der Waals surface area contributed by atoms with Gasteiger partial charge in [-0.25, -0.2) is 0 Å². The molecule has 0 bridgehead atoms. The van der Waals surface area contributed by atoms with Crippen molar-refractivity contribution in [3.05, 3.63) is 70.3 Å². The first-order chi connectivity index (χ1) is 13.3. The van der Waals surface area contributed by atoms with E-state index in [1.165, 1.54) is 4.90 Å². The predicted molar refractivity (Wildman–Crippen MR) is 107 cm³/mol. The van der Waals surface area contributed by atoms with Crippen molar-refractivity contribution in [1.82, 2.24) is 10.2 Å². The first-order valence-corrected chi connectivity index (χ1v) is 9.07. The first kappa shape index (κ1) is 21.2. The molecule has 6 nitrogen and oxygen atoms in total. The van der Waals surface area contributed by atoms with Crippen LogP contribution in [0.15, 0.2) is 42.5 Å². The molecule has 1 N–H and O–H groups in total. The fourth-order valence-electron chi connectivity index (χ4n) is 2.71. The van der Waals surface area contributed by atoms with Gasteiger partial charge in [0.2, 0.25) is 0 Å². The van der Waals surface area contributed by atoms with Crippen molar-refractivity contribution in [3.8, 4) is 0 Å². The number of hydrogen-bond donors (Lipinski definition) is 1. The Labute approximate surface area is 165 Å². The number of carbonyl (C=O) groups is 3. The van der Waals surface area contributed by atoms with Crippen LogP contribution in [0.5, 0.6) is 0 Å². The van der Waals surface area contributed by atoms with Crippen molar-refractivity contribution in [2.24, 2.45) is 0 Å². The number of rotatable bonds is 7. The van der Waals surface area contributed by atoms with E-state index in [0.29, 0.717) is 12.1 Å². The van der Waals surface area contributed by atoms with E-state index in [-0.39, 0.29) is 25.0 Å². The van der Waals surface area contributed by atoms with Crippen LogP contribution in [-0.4, -0.2) is 42.9 Å². The molecule has 148 valence electrons. The highest BCUT2D eigenvalue weighted by Gasteiger charge is 2.14. The van der Waals surface area contributed by atoms with Crippen molar-refractivity contribution in [2.45, 2.75) is 27.3 Å². The van der Waals surface area contributed by atoms with Gasteiger partial charge in [0, 0.05) is 19.2 Å². The lowest BCUT2D eigenvalue weighted by atomic mass is 10.1. The Kier molecular flexibility index (Phi) is 7.32. The highest BCUT2D eigenvalue weighted by atomic mass is 16.5. The normalized spacial score (nSPS) is 10.3. The number of carbonyl (C=O) groups excluding carboxylic acids is 3. The number of ether oxygens (including phenoxy) is 1. The van der Waals surface area contributed by atoms with Gasteiger partial charge in [0.1, 0.15) is 6.54 Å². The molecule has 0 fully saturated rings. The smallest absolute Gasteiger partial charge is 0.325 e. The van der Waals surface area contributed by atoms with Gasteiger partial charge in [-0.1, -0.05) is 41.5 Å². The monoisotopic (exact) mass is 382 g/mol. The van der Waals surface area contributed by atoms with Gasteiger partial charge in [-0.2, -0.15) is 0 Å². The topological polar surface area (TPSA) is 75.7 Å². The number of esters is 1. The number of nitrogens with one attached hydrogen (secondary N) is 1. The molecule has 0 radical (unpaired) electrons. The van der Waals surface area contributed by atoms with Crippen LogP contribution >= 0.6 is 0 Å². The molecule has 0 aliphatic rings. The molecule has 2 aromatic carbocycles. The molecule has 0 aliphatic heterocycles. The Morgan fingerprint density at radius 3 is 2.39 bits per heavy atom. The van der Waals surface area contributed by atoms with Crippen LogP contribution in [0, 0.1) is 20.8 Å². The minimum absolute atomic E-state index is 0.291. The van der Waals surface area contributed by atoms with Gasteiger partial charge in [-0.15, -0.1) is 0 Å². The molecule has 2 aromatic rings. The minimum atomic E-state index is -0.658. The van der Waals surface area contributed by atoms with E-state index in [0.717, 1.165) is 22.3 Å². The molecule has 2 rings (SSSR count). The van der Waals surface area contributed by atoms with Gasteiger partial charge in [-0.3, -0.25) is 14.4 Å². The van der Waals surface area contributed by atoms with E-state index < -0.39 is 5.97 Å². The number of benzene rings is 2. The lowest BCUT2D eigenvalue weighted by Crippen LogP contribution is -2.34. The third-order valence-corrected chi connectivity index (χ3v) is 4.36. The molecule has 0 heterocycles. The van der Waals surface area contributed by atoms with Crippen molar-refractivity contribution in [2.75, 3.05) is 20.2 Å². The molecular weight excluding hydrogens is 356 g/mol. The number of aryl methyl sites for hydroxylation is 3. The number of nitrogens with zero attached hydrogens (tertiary/aromatic N) is 1. The van der Waals surface area contributed by atoms with Crippen LogP contribution in [0.25, 0.3) is 0 Å². The molecule has 6 heteroatoms. The maximum absolute atomic E-state index is 12.2. The highest BCUT2D eigenvalue weighted by Crippen LogP contribution is 2.12. The van der Waals surface area contributed by atoms with Gasteiger partial charge in [-0.05, 0) is 44.0 Å². The molecule has 0 saturated heterocycles. The molecule has 0 spiro atoms. The Morgan fingerprint density at radius 2 is 1.71 bits per heavy atom. The van der Waals surface area contributed by atoms with E-state index in [1.807, 2.05) is 39.0 Å². The summed E-state index contributed by atoms with van der Waals surface area (Å²) < 4.78 is 4.98. The lowest BCUT2D eigenvalue weighted by Gasteiger charge is -2.18. The Morgan fingerprint density at radius 1 is 1.00 bits per heavy atom. The van der Waals surface area contributed by atoms with Gasteiger partial charge < -0.3 is 15.0 Å². The molecule has 0 atom stereocenters. The SMILES string of the molecule is Cc1cccc(C(=O)NCC(=O)OCC(=O)N(C)Cc2ccc(C)cc2C)c1. The van der Waals surface area contributed by atoms with Crippen molar-refractivity contribution >= 4 is 17.8 Å². The second-order valence-electron chi connectivity index (χ2n) is 6.89. The van der Waals surface area contributed by atoms with E-state index in [4.69, 9.17) is 4.74 Å². The summed E-state index contributed by atoms with van der Waals surface area (Å²) in [6, 6.07) is 13.1. The third kappa shape index (κ3) is 6.23. The van der Waals surface area contributed by atoms with Crippen molar-refractivity contribution in [3.63, 3.8) is 0 Å². The van der Waals surface area contributed by atoms with Crippen LogP contribution in [0.2, 0.25) is 0 Å². The Bertz CT molecular complexity index is 877. The average molecular weight is 382 g/mol. The summed E-state index contributed by atoms with van der Waals surface area (Å²) in [6.07, 6.45) is 0. The summed E-state index contributed by atoms with van der Waals surface area (Å²) in [7, 11) is 1.66. The maximum Gasteiger partial charge on any atom is 0.325 e. The fraction of sp³-hybridized carbons (Fsp3) is 0.318. The lowest BCUT2D eigenvalue weighted by molar-refractivity contribution is -0.150. The van der Waals surface area contributed by atoms with E-state index >= 15 is 0 Å². The Hall–Kier alpha value is -3.15. The largest absolute Gasteiger partial charge is 0.454 e. The first-order valence-electron chi connectivity index (χ1n) is 9.07. The summed E-state index contributed by atoms with van der Waals surface area (Å²) in [6.45, 7) is 5.68. The predicted octanol–water partition coefficient (Wildman–Crippen LogP) is 2.54. The van der Waals surface area contributed by atoms with Crippen LogP contribution in [0.3, 0.4) is 0 Å². The third-order valence-electron chi connectivity index (χ3n) is 4.36. The zero-order chi connectivity index (χ0) is 20.7. The van der Waals surface area contributed by atoms with Gasteiger partial charge in [0.05, 0.1) is 0 Å². The van der Waals surface area contributed by atoms with E-state index in [9.17, 15) is 14.4 Å². The summed E-state index contributed by atoms with van der Waals surface area (Å²) >= 11 is 0. The van der Waals surface area contributed by atoms with Crippen LogP contribution in [0.4, 0.5) is 0 Å². The molecule has 0 aliphatic carbocycles. The number of amides is 2. The van der Waals surface area contributed by atoms with Gasteiger partial charge in [0.15, 0.2) is 6.61 Å². The molecule has 28 heavy (non-hydrogen) atoms. The quantitative estimate of drug-likeness (QED) is 0.747. The average Bonchev–Trinajstić information content (AvgIpc) is 2.66. The summed E-state index contributed by atoms with van der Waals surface area (Å²) in [5, 5.41) is 2.49. The second-order valence-corrected chi connectivity index (χ2v) is 6.89. The molecule has 0 aromatic heterocycles. The maximum atomic E-state index is 12.2. The van der Waals surface area contributed by atoms with Crippen LogP contribution in [-0.2, 0) is 20.9 Å². The standard InChI is InChI=1S/C22H26N2O4/c1-15-6-5-7-18(11-15)22(27)23-12-21(26)28-14-20(25)24(4)13-19-9-8-16(2)10-17(19)3/h5-11H,12-14H2,1-4H3,(H,23,27). The summed E-state index contributed by atoms with van der Waals surface area (Å²) in [5.74, 6) is -1.33. The highest BCUT2D eigenvalue weighted by molar-refractivity contribution is 5.96. The van der Waals surface area contributed by atoms with Gasteiger partial charge >= 0.3 is 5.97 Å². The van der Waals surface area contributed by atoms with Gasteiger partial charge in [0.25, 0.3) is 11.8 Å². The summed E-state index contributed by atoms with van der Waals surface area (Å²) in [4.78, 5) is 37.5. The number of likely N-dealkylation sites (N-methyl/N-ethyl adjacent to an activating group) is 1. The molecule has 0 saturated carbocycles. The Balaban J connectivity index is 1.76. The second kappa shape index (κ2) is 9.69. The molecule has 2 amide bonds. The zero-order valence-corrected chi connectivity index (χ0v) is 16.7. The molecule has 0 unspecified atom stereocenters. The van der Waals surface area contributed by atoms with E-state index in [1.54, 1.807) is 25.2 Å². The minimum Gasteiger partial charge on any atom is -0.454 e.